The average molecular weight is 233 g/mol. The predicted molar refractivity (Wildman–Crippen MR) is 66.5 cm³/mol. The highest BCUT2D eigenvalue weighted by Crippen LogP contribution is 2.07. The average Bonchev–Trinajstić information content (AvgIpc) is 2.58. The lowest BCUT2D eigenvalue weighted by Crippen LogP contribution is -2.08. The lowest BCUT2D eigenvalue weighted by Gasteiger charge is -2.05. The minimum atomic E-state index is -0.185. The van der Waals surface area contributed by atoms with Crippen molar-refractivity contribution >= 4 is 5.95 Å². The molecule has 0 atom stereocenters. The van der Waals surface area contributed by atoms with Crippen LogP contribution in [0.2, 0.25) is 0 Å². The Labute approximate surface area is 100 Å². The number of nitrogens with zero attached hydrogens (tertiary/aromatic N) is 2. The van der Waals surface area contributed by atoms with E-state index >= 15 is 0 Å². The molecule has 1 heterocycles. The fourth-order valence-corrected chi connectivity index (χ4v) is 1.79. The van der Waals surface area contributed by atoms with Crippen molar-refractivity contribution < 1.29 is 4.39 Å². The van der Waals surface area contributed by atoms with E-state index in [0.717, 1.165) is 30.2 Å². The lowest BCUT2D eigenvalue weighted by atomic mass is 10.1. The SMILES string of the molecule is Cc1cn(C)c(NCCc2cccc(F)c2)n1. The fourth-order valence-electron chi connectivity index (χ4n) is 1.79. The molecule has 0 radical (unpaired) electrons. The van der Waals surface area contributed by atoms with Crippen LogP contribution in [0.15, 0.2) is 30.5 Å². The van der Waals surface area contributed by atoms with Crippen LogP contribution >= 0.6 is 0 Å². The van der Waals surface area contributed by atoms with Gasteiger partial charge in [0, 0.05) is 19.8 Å². The van der Waals surface area contributed by atoms with E-state index in [4.69, 9.17) is 0 Å². The number of aromatic nitrogens is 2. The fraction of sp³-hybridized carbons (Fsp3) is 0.308. The molecule has 0 saturated carbocycles. The minimum Gasteiger partial charge on any atom is -0.355 e. The third-order valence-corrected chi connectivity index (χ3v) is 2.58. The Bertz CT molecular complexity index is 505. The van der Waals surface area contributed by atoms with Gasteiger partial charge in [-0.05, 0) is 31.0 Å². The highest BCUT2D eigenvalue weighted by atomic mass is 19.1. The van der Waals surface area contributed by atoms with Gasteiger partial charge < -0.3 is 9.88 Å². The molecule has 90 valence electrons. The molecule has 0 bridgehead atoms. The second kappa shape index (κ2) is 4.99. The van der Waals surface area contributed by atoms with Crippen LogP contribution in [0.1, 0.15) is 11.3 Å². The molecule has 3 nitrogen and oxygen atoms in total. The van der Waals surface area contributed by atoms with Crippen LogP contribution in [0.4, 0.5) is 10.3 Å². The van der Waals surface area contributed by atoms with Crippen LogP contribution in [0.25, 0.3) is 0 Å². The van der Waals surface area contributed by atoms with Crippen molar-refractivity contribution in [3.05, 3.63) is 47.5 Å². The molecule has 4 heteroatoms. The molecule has 0 amide bonds. The summed E-state index contributed by atoms with van der Waals surface area (Å²) >= 11 is 0. The predicted octanol–water partition coefficient (Wildman–Crippen LogP) is 2.52. The molecular weight excluding hydrogens is 217 g/mol. The molecule has 1 aromatic heterocycles. The van der Waals surface area contributed by atoms with Gasteiger partial charge in [0.2, 0.25) is 5.95 Å². The van der Waals surface area contributed by atoms with Crippen molar-refractivity contribution in [1.29, 1.82) is 0 Å². The second-order valence-electron chi connectivity index (χ2n) is 4.12. The van der Waals surface area contributed by atoms with Gasteiger partial charge in [-0.25, -0.2) is 9.37 Å². The van der Waals surface area contributed by atoms with Gasteiger partial charge in [-0.15, -0.1) is 0 Å². The summed E-state index contributed by atoms with van der Waals surface area (Å²) in [6.45, 7) is 2.70. The van der Waals surface area contributed by atoms with Gasteiger partial charge in [0.15, 0.2) is 0 Å². The summed E-state index contributed by atoms with van der Waals surface area (Å²) in [5.74, 6) is 0.661. The van der Waals surface area contributed by atoms with E-state index in [1.807, 2.05) is 30.8 Å². The van der Waals surface area contributed by atoms with Crippen molar-refractivity contribution in [2.75, 3.05) is 11.9 Å². The van der Waals surface area contributed by atoms with Gasteiger partial charge in [-0.3, -0.25) is 0 Å². The Morgan fingerprint density at radius 2 is 2.24 bits per heavy atom. The molecular formula is C13H16FN3. The summed E-state index contributed by atoms with van der Waals surface area (Å²) in [6, 6.07) is 6.68. The molecule has 0 spiro atoms. The van der Waals surface area contributed by atoms with Crippen molar-refractivity contribution in [3.63, 3.8) is 0 Å². The molecule has 0 saturated heterocycles. The van der Waals surface area contributed by atoms with Crippen molar-refractivity contribution in [3.8, 4) is 0 Å². The van der Waals surface area contributed by atoms with Crippen LogP contribution < -0.4 is 5.32 Å². The van der Waals surface area contributed by atoms with Crippen molar-refractivity contribution in [2.45, 2.75) is 13.3 Å². The van der Waals surface area contributed by atoms with Crippen LogP contribution in [0, 0.1) is 12.7 Å². The molecule has 0 aliphatic heterocycles. The maximum Gasteiger partial charge on any atom is 0.202 e. The third kappa shape index (κ3) is 3.06. The van der Waals surface area contributed by atoms with Gasteiger partial charge in [-0.2, -0.15) is 0 Å². The Kier molecular flexibility index (Phi) is 3.42. The van der Waals surface area contributed by atoms with Gasteiger partial charge in [-0.1, -0.05) is 12.1 Å². The van der Waals surface area contributed by atoms with E-state index in [1.54, 1.807) is 12.1 Å². The maximum atomic E-state index is 12.9. The number of imidazole rings is 1. The molecule has 1 aromatic carbocycles. The number of hydrogen-bond acceptors (Lipinski definition) is 2. The zero-order chi connectivity index (χ0) is 12.3. The van der Waals surface area contributed by atoms with Gasteiger partial charge >= 0.3 is 0 Å². The van der Waals surface area contributed by atoms with Crippen LogP contribution in [0.5, 0.6) is 0 Å². The molecule has 0 aliphatic carbocycles. The standard InChI is InChI=1S/C13H16FN3/c1-10-9-17(2)13(16-10)15-7-6-11-4-3-5-12(14)8-11/h3-5,8-9H,6-7H2,1-2H3,(H,15,16). The summed E-state index contributed by atoms with van der Waals surface area (Å²) in [4.78, 5) is 4.34. The Morgan fingerprint density at radius 3 is 2.88 bits per heavy atom. The molecule has 0 unspecified atom stereocenters. The number of hydrogen-bond donors (Lipinski definition) is 1. The monoisotopic (exact) mass is 233 g/mol. The first kappa shape index (κ1) is 11.6. The Balaban J connectivity index is 1.89. The maximum absolute atomic E-state index is 12.9. The van der Waals surface area contributed by atoms with Crippen LogP contribution in [0.3, 0.4) is 0 Å². The topological polar surface area (TPSA) is 29.9 Å². The minimum absolute atomic E-state index is 0.185. The van der Waals surface area contributed by atoms with E-state index in [9.17, 15) is 4.39 Å². The van der Waals surface area contributed by atoms with E-state index in [0.29, 0.717) is 0 Å². The highest BCUT2D eigenvalue weighted by Gasteiger charge is 2.01. The van der Waals surface area contributed by atoms with Crippen LogP contribution in [-0.4, -0.2) is 16.1 Å². The van der Waals surface area contributed by atoms with Gasteiger partial charge in [0.25, 0.3) is 0 Å². The number of rotatable bonds is 4. The summed E-state index contributed by atoms with van der Waals surface area (Å²) in [5.41, 5.74) is 1.98. The van der Waals surface area contributed by atoms with E-state index in [2.05, 4.69) is 10.3 Å². The first-order valence-electron chi connectivity index (χ1n) is 5.63. The number of aryl methyl sites for hydroxylation is 2. The zero-order valence-electron chi connectivity index (χ0n) is 10.1. The van der Waals surface area contributed by atoms with E-state index in [1.165, 1.54) is 6.07 Å². The number of nitrogens with one attached hydrogen (secondary N) is 1. The molecule has 2 rings (SSSR count). The molecule has 1 N–H and O–H groups in total. The van der Waals surface area contributed by atoms with Gasteiger partial charge in [0.05, 0.1) is 5.69 Å². The molecule has 2 aromatic rings. The molecule has 0 aliphatic rings. The highest BCUT2D eigenvalue weighted by molar-refractivity contribution is 5.29. The smallest absolute Gasteiger partial charge is 0.202 e. The zero-order valence-corrected chi connectivity index (χ0v) is 10.1. The van der Waals surface area contributed by atoms with E-state index in [-0.39, 0.29) is 5.82 Å². The largest absolute Gasteiger partial charge is 0.355 e. The van der Waals surface area contributed by atoms with E-state index < -0.39 is 0 Å². The van der Waals surface area contributed by atoms with Crippen LogP contribution in [-0.2, 0) is 13.5 Å². The number of benzene rings is 1. The summed E-state index contributed by atoms with van der Waals surface area (Å²) < 4.78 is 14.9. The quantitative estimate of drug-likeness (QED) is 0.879. The summed E-state index contributed by atoms with van der Waals surface area (Å²) in [7, 11) is 1.95. The first-order chi connectivity index (χ1) is 8.15. The second-order valence-corrected chi connectivity index (χ2v) is 4.12. The normalized spacial score (nSPS) is 10.5. The molecule has 0 fully saturated rings. The Morgan fingerprint density at radius 1 is 1.41 bits per heavy atom. The third-order valence-electron chi connectivity index (χ3n) is 2.58. The lowest BCUT2D eigenvalue weighted by molar-refractivity contribution is 0.625. The van der Waals surface area contributed by atoms with Crippen molar-refractivity contribution in [2.24, 2.45) is 7.05 Å². The Hall–Kier alpha value is -1.84. The first-order valence-corrected chi connectivity index (χ1v) is 5.63. The molecule has 17 heavy (non-hydrogen) atoms. The number of halogens is 1. The van der Waals surface area contributed by atoms with Gasteiger partial charge in [0.1, 0.15) is 5.82 Å². The summed E-state index contributed by atoms with van der Waals surface area (Å²) in [6.07, 6.45) is 2.74. The number of anilines is 1. The van der Waals surface area contributed by atoms with Crippen molar-refractivity contribution in [1.82, 2.24) is 9.55 Å². The summed E-state index contributed by atoms with van der Waals surface area (Å²) in [5, 5.41) is 3.23.